The molecule has 37 heavy (non-hydrogen) atoms. The molecule has 3 heterocycles. The van der Waals surface area contributed by atoms with Crippen molar-refractivity contribution in [2.24, 2.45) is 0 Å². The Labute approximate surface area is 208 Å². The molecule has 2 aliphatic heterocycles. The van der Waals surface area contributed by atoms with E-state index in [2.05, 4.69) is 16.0 Å². The first-order valence-corrected chi connectivity index (χ1v) is 11.4. The summed E-state index contributed by atoms with van der Waals surface area (Å²) in [5.74, 6) is -5.51. The number of rotatable bonds is 4. The van der Waals surface area contributed by atoms with Gasteiger partial charge in [-0.15, -0.1) is 0 Å². The standard InChI is InChI=1S/C18H26N2O3.2C2HF3O2/c1-2-14(12-19-7-1)13-23-17-4-3-16-18(17)22-11-8-20(16)15-5-9-21-10-6-15;2*3-2(4,5)1(6)7/h1-2,7,12,15-18H,3-6,8-11,13H2;2*(H,6,7)/t16-,17-,18-;;/m0../s1. The number of alkyl halides is 6. The number of ether oxygens (including phenoxy) is 3. The number of carboxylic acids is 2. The molecule has 210 valence electrons. The van der Waals surface area contributed by atoms with Crippen LogP contribution in [0.1, 0.15) is 31.2 Å². The first-order chi connectivity index (χ1) is 17.3. The van der Waals surface area contributed by atoms with E-state index in [4.69, 9.17) is 34.0 Å². The summed E-state index contributed by atoms with van der Waals surface area (Å²) in [6, 6.07) is 5.21. The van der Waals surface area contributed by atoms with Gasteiger partial charge in [0.2, 0.25) is 0 Å². The summed E-state index contributed by atoms with van der Waals surface area (Å²) in [4.78, 5) is 24.6. The van der Waals surface area contributed by atoms with Gasteiger partial charge in [0.25, 0.3) is 0 Å². The highest BCUT2D eigenvalue weighted by Crippen LogP contribution is 2.35. The molecule has 2 saturated heterocycles. The molecule has 0 unspecified atom stereocenters. The molecule has 1 saturated carbocycles. The van der Waals surface area contributed by atoms with E-state index in [1.54, 1.807) is 6.20 Å². The van der Waals surface area contributed by atoms with Crippen LogP contribution in [0.3, 0.4) is 0 Å². The van der Waals surface area contributed by atoms with E-state index in [-0.39, 0.29) is 12.2 Å². The topological polar surface area (TPSA) is 118 Å². The normalized spacial score (nSPS) is 24.6. The Hall–Kier alpha value is -2.49. The maximum absolute atomic E-state index is 10.6. The molecule has 0 spiro atoms. The van der Waals surface area contributed by atoms with Crippen molar-refractivity contribution in [3.63, 3.8) is 0 Å². The molecule has 0 amide bonds. The zero-order valence-electron chi connectivity index (χ0n) is 19.6. The van der Waals surface area contributed by atoms with E-state index in [9.17, 15) is 26.3 Å². The zero-order chi connectivity index (χ0) is 27.6. The minimum absolute atomic E-state index is 0.211. The fourth-order valence-corrected chi connectivity index (χ4v) is 4.28. The van der Waals surface area contributed by atoms with Crippen LogP contribution in [0.4, 0.5) is 26.3 Å². The van der Waals surface area contributed by atoms with E-state index < -0.39 is 24.3 Å². The van der Waals surface area contributed by atoms with Crippen LogP contribution in [0.25, 0.3) is 0 Å². The van der Waals surface area contributed by atoms with Crippen LogP contribution in [0, 0.1) is 0 Å². The average Bonchev–Trinajstić information content (AvgIpc) is 3.27. The van der Waals surface area contributed by atoms with E-state index >= 15 is 0 Å². The highest BCUT2D eigenvalue weighted by molar-refractivity contribution is 5.73. The first-order valence-electron chi connectivity index (χ1n) is 11.4. The van der Waals surface area contributed by atoms with E-state index in [1.165, 1.54) is 6.42 Å². The lowest BCUT2D eigenvalue weighted by Crippen LogP contribution is -2.56. The minimum Gasteiger partial charge on any atom is -0.475 e. The van der Waals surface area contributed by atoms with Crippen molar-refractivity contribution >= 4 is 11.9 Å². The van der Waals surface area contributed by atoms with Gasteiger partial charge in [-0.25, -0.2) is 9.59 Å². The number of hydrogen-bond acceptors (Lipinski definition) is 7. The number of hydrogen-bond donors (Lipinski definition) is 2. The van der Waals surface area contributed by atoms with Crippen LogP contribution >= 0.6 is 0 Å². The van der Waals surface area contributed by atoms with Gasteiger partial charge >= 0.3 is 24.3 Å². The second kappa shape index (κ2) is 13.9. The number of aliphatic carboxylic acids is 2. The number of nitrogens with zero attached hydrogens (tertiary/aromatic N) is 2. The maximum Gasteiger partial charge on any atom is 0.490 e. The van der Waals surface area contributed by atoms with Crippen LogP contribution in [0.2, 0.25) is 0 Å². The molecule has 0 radical (unpaired) electrons. The molecule has 3 fully saturated rings. The third-order valence-electron chi connectivity index (χ3n) is 5.91. The Morgan fingerprint density at radius 3 is 2.11 bits per heavy atom. The van der Waals surface area contributed by atoms with Crippen molar-refractivity contribution in [3.8, 4) is 0 Å². The second-order valence-corrected chi connectivity index (χ2v) is 8.38. The largest absolute Gasteiger partial charge is 0.490 e. The van der Waals surface area contributed by atoms with Crippen molar-refractivity contribution in [3.05, 3.63) is 30.1 Å². The van der Waals surface area contributed by atoms with Crippen LogP contribution < -0.4 is 0 Å². The number of aromatic nitrogens is 1. The van der Waals surface area contributed by atoms with Crippen LogP contribution in [-0.2, 0) is 30.4 Å². The summed E-state index contributed by atoms with van der Waals surface area (Å²) in [6.07, 6.45) is -1.47. The lowest BCUT2D eigenvalue weighted by Gasteiger charge is -2.44. The second-order valence-electron chi connectivity index (χ2n) is 8.38. The number of morpholine rings is 1. The zero-order valence-corrected chi connectivity index (χ0v) is 19.6. The molecule has 3 aliphatic rings. The molecule has 1 aromatic heterocycles. The summed E-state index contributed by atoms with van der Waals surface area (Å²) >= 11 is 0. The molecule has 3 atom stereocenters. The molecular formula is C22H28F6N2O7. The van der Waals surface area contributed by atoms with Crippen molar-refractivity contribution in [1.29, 1.82) is 0 Å². The smallest absolute Gasteiger partial charge is 0.475 e. The molecule has 1 aromatic rings. The van der Waals surface area contributed by atoms with Crippen LogP contribution in [0.5, 0.6) is 0 Å². The van der Waals surface area contributed by atoms with Crippen molar-refractivity contribution < 1.29 is 60.4 Å². The SMILES string of the molecule is O=C(O)C(F)(F)F.O=C(O)C(F)(F)F.c1cncc(CO[C@H]2CC[C@H]3[C@@H]2OCCN3C2CCOCC2)c1. The molecular weight excluding hydrogens is 518 g/mol. The predicted molar refractivity (Wildman–Crippen MR) is 114 cm³/mol. The number of carbonyl (C=O) groups is 2. The number of fused-ring (bicyclic) bond motifs is 1. The summed E-state index contributed by atoms with van der Waals surface area (Å²) in [7, 11) is 0. The molecule has 2 N–H and O–H groups in total. The van der Waals surface area contributed by atoms with Gasteiger partial charge in [-0.05, 0) is 37.3 Å². The van der Waals surface area contributed by atoms with Gasteiger partial charge in [0, 0.05) is 44.2 Å². The Balaban J connectivity index is 0.000000286. The Morgan fingerprint density at radius 2 is 1.59 bits per heavy atom. The van der Waals surface area contributed by atoms with Crippen molar-refractivity contribution in [2.75, 3.05) is 26.4 Å². The highest BCUT2D eigenvalue weighted by atomic mass is 19.4. The summed E-state index contributed by atoms with van der Waals surface area (Å²) in [6.45, 7) is 4.31. The maximum atomic E-state index is 10.6. The third-order valence-corrected chi connectivity index (χ3v) is 5.91. The fourth-order valence-electron chi connectivity index (χ4n) is 4.28. The monoisotopic (exact) mass is 546 g/mol. The first kappa shape index (κ1) is 30.7. The van der Waals surface area contributed by atoms with Crippen LogP contribution in [0.15, 0.2) is 24.5 Å². The Morgan fingerprint density at radius 1 is 1.00 bits per heavy atom. The molecule has 4 rings (SSSR count). The van der Waals surface area contributed by atoms with Gasteiger partial charge < -0.3 is 24.4 Å². The minimum atomic E-state index is -5.08. The average molecular weight is 546 g/mol. The molecule has 0 bridgehead atoms. The van der Waals surface area contributed by atoms with Gasteiger partial charge in [0.1, 0.15) is 0 Å². The van der Waals surface area contributed by atoms with Gasteiger partial charge in [0.15, 0.2) is 0 Å². The molecule has 15 heteroatoms. The van der Waals surface area contributed by atoms with Gasteiger partial charge in [-0.2, -0.15) is 26.3 Å². The van der Waals surface area contributed by atoms with Gasteiger partial charge in [-0.3, -0.25) is 9.88 Å². The van der Waals surface area contributed by atoms with E-state index in [0.717, 1.165) is 51.2 Å². The quantitative estimate of drug-likeness (QED) is 0.549. The lowest BCUT2D eigenvalue weighted by atomic mass is 10.0. The number of pyridine rings is 1. The summed E-state index contributed by atoms with van der Waals surface area (Å²) < 4.78 is 81.3. The summed E-state index contributed by atoms with van der Waals surface area (Å²) in [5.41, 5.74) is 1.13. The number of carboxylic acid groups (broad SMARTS) is 2. The molecule has 9 nitrogen and oxygen atoms in total. The van der Waals surface area contributed by atoms with Crippen molar-refractivity contribution in [1.82, 2.24) is 9.88 Å². The third kappa shape index (κ3) is 10.1. The van der Waals surface area contributed by atoms with Gasteiger partial charge in [-0.1, -0.05) is 6.07 Å². The Kier molecular flexibility index (Phi) is 11.5. The van der Waals surface area contributed by atoms with Gasteiger partial charge in [0.05, 0.1) is 25.4 Å². The highest BCUT2D eigenvalue weighted by Gasteiger charge is 2.45. The molecule has 1 aliphatic carbocycles. The fraction of sp³-hybridized carbons (Fsp3) is 0.682. The van der Waals surface area contributed by atoms with E-state index in [1.807, 2.05) is 12.3 Å². The van der Waals surface area contributed by atoms with Crippen molar-refractivity contribution in [2.45, 2.75) is 68.9 Å². The predicted octanol–water partition coefficient (Wildman–Crippen LogP) is 3.28. The van der Waals surface area contributed by atoms with E-state index in [0.29, 0.717) is 18.7 Å². The number of halogens is 6. The molecule has 0 aromatic carbocycles. The lowest BCUT2D eigenvalue weighted by molar-refractivity contribution is -0.193. The Bertz CT molecular complexity index is 826. The summed E-state index contributed by atoms with van der Waals surface area (Å²) in [5, 5.41) is 14.2. The van der Waals surface area contributed by atoms with Crippen LogP contribution in [-0.4, -0.2) is 95.0 Å².